The Balaban J connectivity index is 1.30. The molecule has 2 aromatic carbocycles. The van der Waals surface area contributed by atoms with E-state index in [1.165, 1.54) is 0 Å². The summed E-state index contributed by atoms with van der Waals surface area (Å²) in [4.78, 5) is 29.4. The quantitative estimate of drug-likeness (QED) is 0.417. The molecule has 4 aromatic rings. The summed E-state index contributed by atoms with van der Waals surface area (Å²) in [6.45, 7) is 2.64. The Bertz CT molecular complexity index is 1250. The molecule has 0 spiro atoms. The maximum Gasteiger partial charge on any atom is 0.255 e. The molecule has 7 heteroatoms. The number of fused-ring (bicyclic) bond motifs is 1. The van der Waals surface area contributed by atoms with Crippen LogP contribution in [-0.4, -0.2) is 34.3 Å². The maximum absolute atomic E-state index is 12.7. The monoisotopic (exact) mass is 442 g/mol. The average Bonchev–Trinajstić information content (AvgIpc) is 3.27. The van der Waals surface area contributed by atoms with E-state index in [0.29, 0.717) is 17.9 Å². The summed E-state index contributed by atoms with van der Waals surface area (Å²) in [5.41, 5.74) is 4.23. The molecule has 0 aliphatic carbocycles. The molecule has 0 bridgehead atoms. The Hall–Kier alpha value is -4.13. The third-order valence-corrected chi connectivity index (χ3v) is 5.22. The normalized spacial score (nSPS) is 10.7. The van der Waals surface area contributed by atoms with Crippen molar-refractivity contribution in [2.75, 3.05) is 13.1 Å². The number of imidazole rings is 1. The summed E-state index contributed by atoms with van der Waals surface area (Å²) in [6.07, 6.45) is 4.58. The molecule has 0 fully saturated rings. The number of carbonyl (C=O) groups is 2. The molecule has 2 amide bonds. The van der Waals surface area contributed by atoms with Gasteiger partial charge in [0, 0.05) is 18.9 Å². The van der Waals surface area contributed by atoms with Gasteiger partial charge in [-0.05, 0) is 42.7 Å². The molecular weight excluding hydrogens is 416 g/mol. The van der Waals surface area contributed by atoms with E-state index in [9.17, 15) is 9.59 Å². The average molecular weight is 443 g/mol. The Morgan fingerprint density at radius 2 is 1.76 bits per heavy atom. The molecule has 0 aliphatic rings. The lowest BCUT2D eigenvalue weighted by Gasteiger charge is -2.11. The smallest absolute Gasteiger partial charge is 0.255 e. The molecule has 2 N–H and O–H groups in total. The maximum atomic E-state index is 12.7. The third kappa shape index (κ3) is 5.77. The van der Waals surface area contributed by atoms with Gasteiger partial charge >= 0.3 is 0 Å². The van der Waals surface area contributed by atoms with E-state index in [0.717, 1.165) is 28.9 Å². The van der Waals surface area contributed by atoms with Gasteiger partial charge in [-0.3, -0.25) is 9.59 Å². The number of amides is 2. The van der Waals surface area contributed by atoms with E-state index in [1.807, 2.05) is 66.2 Å². The van der Waals surface area contributed by atoms with Gasteiger partial charge in [0.05, 0.1) is 17.8 Å². The van der Waals surface area contributed by atoms with Crippen LogP contribution in [0, 0.1) is 6.92 Å². The van der Waals surface area contributed by atoms with Crippen LogP contribution in [0.3, 0.4) is 0 Å². The molecule has 4 rings (SSSR count). The van der Waals surface area contributed by atoms with Crippen molar-refractivity contribution in [3.8, 4) is 5.75 Å². The van der Waals surface area contributed by atoms with Gasteiger partial charge in [0.25, 0.3) is 5.91 Å². The summed E-state index contributed by atoms with van der Waals surface area (Å²) in [7, 11) is 0. The Labute approximate surface area is 192 Å². The fourth-order valence-electron chi connectivity index (χ4n) is 3.51. The first-order valence-electron chi connectivity index (χ1n) is 10.8. The number of hydrogen-bond donors (Lipinski definition) is 2. The van der Waals surface area contributed by atoms with Crippen LogP contribution in [-0.2, 0) is 17.8 Å². The van der Waals surface area contributed by atoms with E-state index < -0.39 is 0 Å². The minimum absolute atomic E-state index is 0.104. The van der Waals surface area contributed by atoms with E-state index in [2.05, 4.69) is 15.6 Å². The van der Waals surface area contributed by atoms with Gasteiger partial charge in [0.2, 0.25) is 5.91 Å². The summed E-state index contributed by atoms with van der Waals surface area (Å²) >= 11 is 0. The van der Waals surface area contributed by atoms with Crippen LogP contribution >= 0.6 is 0 Å². The lowest BCUT2D eigenvalue weighted by Crippen LogP contribution is -2.37. The fourth-order valence-corrected chi connectivity index (χ4v) is 3.51. The second kappa shape index (κ2) is 10.5. The molecule has 0 unspecified atom stereocenters. The van der Waals surface area contributed by atoms with Gasteiger partial charge in [-0.25, -0.2) is 4.98 Å². The van der Waals surface area contributed by atoms with Gasteiger partial charge in [-0.1, -0.05) is 48.5 Å². The molecule has 2 aromatic heterocycles. The predicted molar refractivity (Wildman–Crippen MR) is 126 cm³/mol. The predicted octanol–water partition coefficient (Wildman–Crippen LogP) is 3.31. The summed E-state index contributed by atoms with van der Waals surface area (Å²) in [5.74, 6) is -0.166. The molecule has 0 atom stereocenters. The standard InChI is InChI=1S/C26H26N4O3/c1-19-8-7-15-30-17-21(29-25(19)30)18-33-23-12-6-5-11-22(23)26(32)28-16-24(31)27-14-13-20-9-3-2-4-10-20/h2-12,15,17H,13-14,16,18H2,1H3,(H,27,31)(H,28,32). The number of pyridine rings is 1. The first kappa shape index (κ1) is 22.1. The van der Waals surface area contributed by atoms with Crippen molar-refractivity contribution in [1.29, 1.82) is 0 Å². The van der Waals surface area contributed by atoms with Crippen molar-refractivity contribution in [2.45, 2.75) is 20.0 Å². The molecule has 7 nitrogen and oxygen atoms in total. The minimum atomic E-state index is -0.366. The van der Waals surface area contributed by atoms with Crippen molar-refractivity contribution < 1.29 is 14.3 Å². The van der Waals surface area contributed by atoms with Gasteiger partial charge < -0.3 is 19.8 Å². The SMILES string of the molecule is Cc1cccn2cc(COc3ccccc3C(=O)NCC(=O)NCCc3ccccc3)nc12. The number of nitrogens with zero attached hydrogens (tertiary/aromatic N) is 2. The van der Waals surface area contributed by atoms with Crippen LogP contribution in [0.5, 0.6) is 5.75 Å². The molecule has 2 heterocycles. The van der Waals surface area contributed by atoms with Crippen LogP contribution in [0.2, 0.25) is 0 Å². The zero-order chi connectivity index (χ0) is 23.0. The van der Waals surface area contributed by atoms with Gasteiger partial charge in [-0.2, -0.15) is 0 Å². The highest BCUT2D eigenvalue weighted by molar-refractivity contribution is 5.98. The molecule has 0 aliphatic heterocycles. The highest BCUT2D eigenvalue weighted by Crippen LogP contribution is 2.20. The zero-order valence-electron chi connectivity index (χ0n) is 18.5. The molecule has 0 saturated carbocycles. The number of benzene rings is 2. The lowest BCUT2D eigenvalue weighted by molar-refractivity contribution is -0.120. The number of aryl methyl sites for hydroxylation is 1. The molecule has 168 valence electrons. The van der Waals surface area contributed by atoms with Crippen molar-refractivity contribution in [2.24, 2.45) is 0 Å². The van der Waals surface area contributed by atoms with Crippen molar-refractivity contribution in [3.63, 3.8) is 0 Å². The fraction of sp³-hybridized carbons (Fsp3) is 0.192. The van der Waals surface area contributed by atoms with E-state index >= 15 is 0 Å². The number of aromatic nitrogens is 2. The molecular formula is C26H26N4O3. The van der Waals surface area contributed by atoms with Gasteiger partial charge in [0.15, 0.2) is 0 Å². The Morgan fingerprint density at radius 1 is 0.970 bits per heavy atom. The van der Waals surface area contributed by atoms with Crippen LogP contribution in [0.25, 0.3) is 5.65 Å². The van der Waals surface area contributed by atoms with Gasteiger partial charge in [-0.15, -0.1) is 0 Å². The van der Waals surface area contributed by atoms with E-state index in [4.69, 9.17) is 4.74 Å². The third-order valence-electron chi connectivity index (χ3n) is 5.22. The highest BCUT2D eigenvalue weighted by Gasteiger charge is 2.14. The summed E-state index contributed by atoms with van der Waals surface area (Å²) < 4.78 is 7.84. The number of ether oxygens (including phenoxy) is 1. The number of hydrogen-bond acceptors (Lipinski definition) is 4. The van der Waals surface area contributed by atoms with Crippen LogP contribution in [0.1, 0.15) is 27.2 Å². The van der Waals surface area contributed by atoms with E-state index in [1.54, 1.807) is 24.3 Å². The first-order chi connectivity index (χ1) is 16.1. The second-order valence-electron chi connectivity index (χ2n) is 7.71. The second-order valence-corrected chi connectivity index (χ2v) is 7.71. The number of para-hydroxylation sites is 1. The molecule has 33 heavy (non-hydrogen) atoms. The summed E-state index contributed by atoms with van der Waals surface area (Å²) in [6, 6.07) is 20.8. The summed E-state index contributed by atoms with van der Waals surface area (Å²) in [5, 5.41) is 5.49. The topological polar surface area (TPSA) is 84.7 Å². The zero-order valence-corrected chi connectivity index (χ0v) is 18.5. The minimum Gasteiger partial charge on any atom is -0.486 e. The molecule has 0 saturated heterocycles. The lowest BCUT2D eigenvalue weighted by atomic mass is 10.1. The number of nitrogens with one attached hydrogen (secondary N) is 2. The van der Waals surface area contributed by atoms with E-state index in [-0.39, 0.29) is 25.0 Å². The van der Waals surface area contributed by atoms with Crippen LogP contribution in [0.4, 0.5) is 0 Å². The Morgan fingerprint density at radius 3 is 2.58 bits per heavy atom. The largest absolute Gasteiger partial charge is 0.486 e. The Kier molecular flexibility index (Phi) is 6.99. The van der Waals surface area contributed by atoms with Crippen LogP contribution < -0.4 is 15.4 Å². The number of carbonyl (C=O) groups excluding carboxylic acids is 2. The van der Waals surface area contributed by atoms with Crippen molar-refractivity contribution in [3.05, 3.63) is 102 Å². The van der Waals surface area contributed by atoms with Crippen LogP contribution in [0.15, 0.2) is 79.1 Å². The number of rotatable bonds is 9. The van der Waals surface area contributed by atoms with Crippen molar-refractivity contribution >= 4 is 17.5 Å². The van der Waals surface area contributed by atoms with Crippen molar-refractivity contribution in [1.82, 2.24) is 20.0 Å². The van der Waals surface area contributed by atoms with Gasteiger partial charge in [0.1, 0.15) is 18.0 Å². The molecule has 0 radical (unpaired) electrons. The first-order valence-corrected chi connectivity index (χ1v) is 10.8. The highest BCUT2D eigenvalue weighted by atomic mass is 16.5.